The van der Waals surface area contributed by atoms with E-state index in [9.17, 15) is 9.90 Å². The number of aliphatic hydroxyl groups is 1. The number of fused-ring (bicyclic) bond motifs is 1. The summed E-state index contributed by atoms with van der Waals surface area (Å²) in [7, 11) is 0. The van der Waals surface area contributed by atoms with E-state index >= 15 is 0 Å². The fourth-order valence-corrected chi connectivity index (χ4v) is 1.98. The lowest BCUT2D eigenvalue weighted by Crippen LogP contribution is -2.25. The number of nitrogens with one attached hydrogen (secondary N) is 1. The molecule has 1 atom stereocenters. The molecule has 80 valence electrons. The summed E-state index contributed by atoms with van der Waals surface area (Å²) < 4.78 is 0. The van der Waals surface area contributed by atoms with Gasteiger partial charge in [0, 0.05) is 5.69 Å². The number of amides is 1. The van der Waals surface area contributed by atoms with Crippen molar-refractivity contribution < 1.29 is 9.90 Å². The highest BCUT2D eigenvalue weighted by Gasteiger charge is 2.33. The first-order chi connectivity index (χ1) is 6.97. The van der Waals surface area contributed by atoms with E-state index < -0.39 is 5.60 Å². The molecule has 0 fully saturated rings. The number of hydrogen-bond acceptors (Lipinski definition) is 2. The maximum atomic E-state index is 11.7. The lowest BCUT2D eigenvalue weighted by atomic mass is 9.89. The van der Waals surface area contributed by atoms with E-state index in [1.165, 1.54) is 0 Å². The third-order valence-electron chi connectivity index (χ3n) is 2.61. The molecule has 0 bridgehead atoms. The van der Waals surface area contributed by atoms with Gasteiger partial charge in [-0.3, -0.25) is 4.79 Å². The van der Waals surface area contributed by atoms with Crippen molar-refractivity contribution in [2.24, 2.45) is 0 Å². The standard InChI is InChI=1S/C12H15NO2/c1-12(2,15)7-9-8-5-3-4-6-10(8)13-11(9)14/h3-6,9,15H,7H2,1-2H3,(H,13,14). The second-order valence-corrected chi connectivity index (χ2v) is 4.65. The predicted octanol–water partition coefficient (Wildman–Crippen LogP) is 1.88. The Morgan fingerprint density at radius 3 is 2.73 bits per heavy atom. The van der Waals surface area contributed by atoms with E-state index in [1.807, 2.05) is 24.3 Å². The molecule has 3 heteroatoms. The SMILES string of the molecule is CC(C)(O)CC1C(=O)Nc2ccccc21. The summed E-state index contributed by atoms with van der Waals surface area (Å²) in [6, 6.07) is 7.63. The fraction of sp³-hybridized carbons (Fsp3) is 0.417. The number of carbonyl (C=O) groups excluding carboxylic acids is 1. The molecule has 15 heavy (non-hydrogen) atoms. The number of benzene rings is 1. The molecule has 0 radical (unpaired) electrons. The van der Waals surface area contributed by atoms with Gasteiger partial charge in [0.25, 0.3) is 0 Å². The molecule has 1 aliphatic heterocycles. The van der Waals surface area contributed by atoms with Crippen LogP contribution in [0.25, 0.3) is 0 Å². The zero-order chi connectivity index (χ0) is 11.1. The molecule has 3 nitrogen and oxygen atoms in total. The van der Waals surface area contributed by atoms with Crippen molar-refractivity contribution in [2.45, 2.75) is 31.8 Å². The van der Waals surface area contributed by atoms with Gasteiger partial charge >= 0.3 is 0 Å². The first-order valence-corrected chi connectivity index (χ1v) is 5.09. The zero-order valence-electron chi connectivity index (χ0n) is 8.95. The Balaban J connectivity index is 2.30. The second kappa shape index (κ2) is 3.35. The number of hydrogen-bond donors (Lipinski definition) is 2. The lowest BCUT2D eigenvalue weighted by Gasteiger charge is -2.20. The summed E-state index contributed by atoms with van der Waals surface area (Å²) in [4.78, 5) is 11.7. The van der Waals surface area contributed by atoms with Crippen LogP contribution in [0, 0.1) is 0 Å². The van der Waals surface area contributed by atoms with Gasteiger partial charge in [0.05, 0.1) is 11.5 Å². The topological polar surface area (TPSA) is 49.3 Å². The monoisotopic (exact) mass is 205 g/mol. The average molecular weight is 205 g/mol. The molecule has 1 aromatic carbocycles. The van der Waals surface area contributed by atoms with Crippen LogP contribution in [0.5, 0.6) is 0 Å². The molecule has 1 aromatic rings. The number of carbonyl (C=O) groups is 1. The third kappa shape index (κ3) is 2.02. The van der Waals surface area contributed by atoms with E-state index in [0.29, 0.717) is 6.42 Å². The molecule has 0 aromatic heterocycles. The molecule has 0 saturated heterocycles. The molecule has 2 N–H and O–H groups in total. The van der Waals surface area contributed by atoms with Crippen molar-refractivity contribution >= 4 is 11.6 Å². The number of para-hydroxylation sites is 1. The minimum atomic E-state index is -0.820. The van der Waals surface area contributed by atoms with Gasteiger partial charge in [-0.1, -0.05) is 18.2 Å². The van der Waals surface area contributed by atoms with Gasteiger partial charge in [-0.15, -0.1) is 0 Å². The quantitative estimate of drug-likeness (QED) is 0.774. The molecule has 2 rings (SSSR count). The van der Waals surface area contributed by atoms with Gasteiger partial charge in [0.15, 0.2) is 0 Å². The average Bonchev–Trinajstić information content (AvgIpc) is 2.41. The van der Waals surface area contributed by atoms with Gasteiger partial charge in [0.2, 0.25) is 5.91 Å². The van der Waals surface area contributed by atoms with E-state index in [2.05, 4.69) is 5.32 Å². The predicted molar refractivity (Wildman–Crippen MR) is 58.7 cm³/mol. The Kier molecular flexibility index (Phi) is 2.27. The van der Waals surface area contributed by atoms with Gasteiger partial charge in [-0.2, -0.15) is 0 Å². The summed E-state index contributed by atoms with van der Waals surface area (Å²) in [5.74, 6) is -0.237. The minimum absolute atomic E-state index is 0.0154. The van der Waals surface area contributed by atoms with Crippen molar-refractivity contribution in [1.29, 1.82) is 0 Å². The van der Waals surface area contributed by atoms with Gasteiger partial charge in [-0.25, -0.2) is 0 Å². The molecule has 0 saturated carbocycles. The van der Waals surface area contributed by atoms with Gasteiger partial charge < -0.3 is 10.4 Å². The molecule has 0 aliphatic carbocycles. The molecular formula is C12H15NO2. The van der Waals surface area contributed by atoms with Crippen LogP contribution in [0.15, 0.2) is 24.3 Å². The number of rotatable bonds is 2. The zero-order valence-corrected chi connectivity index (χ0v) is 8.95. The van der Waals surface area contributed by atoms with E-state index in [4.69, 9.17) is 0 Å². The van der Waals surface area contributed by atoms with Crippen LogP contribution in [0.2, 0.25) is 0 Å². The highest BCUT2D eigenvalue weighted by molar-refractivity contribution is 6.02. The van der Waals surface area contributed by atoms with Gasteiger partial charge in [0.1, 0.15) is 0 Å². The lowest BCUT2D eigenvalue weighted by molar-refractivity contribution is -0.118. The molecule has 1 heterocycles. The van der Waals surface area contributed by atoms with E-state index in [-0.39, 0.29) is 11.8 Å². The van der Waals surface area contributed by atoms with Crippen molar-refractivity contribution in [2.75, 3.05) is 5.32 Å². The minimum Gasteiger partial charge on any atom is -0.390 e. The Morgan fingerprint density at radius 2 is 2.07 bits per heavy atom. The maximum absolute atomic E-state index is 11.7. The van der Waals surface area contributed by atoms with Crippen molar-refractivity contribution in [3.8, 4) is 0 Å². The second-order valence-electron chi connectivity index (χ2n) is 4.65. The summed E-state index contributed by atoms with van der Waals surface area (Å²) >= 11 is 0. The smallest absolute Gasteiger partial charge is 0.232 e. The largest absolute Gasteiger partial charge is 0.390 e. The Labute approximate surface area is 89.1 Å². The van der Waals surface area contributed by atoms with E-state index in [1.54, 1.807) is 13.8 Å². The third-order valence-corrected chi connectivity index (χ3v) is 2.61. The summed E-state index contributed by atoms with van der Waals surface area (Å²) in [6.07, 6.45) is 0.454. The Morgan fingerprint density at radius 1 is 1.40 bits per heavy atom. The van der Waals surface area contributed by atoms with Crippen LogP contribution in [-0.4, -0.2) is 16.6 Å². The summed E-state index contributed by atoms with van der Waals surface area (Å²) in [5, 5.41) is 12.6. The summed E-state index contributed by atoms with van der Waals surface area (Å²) in [6.45, 7) is 3.45. The van der Waals surface area contributed by atoms with Crippen LogP contribution in [0.1, 0.15) is 31.7 Å². The molecule has 0 spiro atoms. The van der Waals surface area contributed by atoms with Crippen LogP contribution in [0.3, 0.4) is 0 Å². The molecule has 1 amide bonds. The van der Waals surface area contributed by atoms with Gasteiger partial charge in [-0.05, 0) is 31.9 Å². The van der Waals surface area contributed by atoms with Crippen molar-refractivity contribution in [3.05, 3.63) is 29.8 Å². The molecular weight excluding hydrogens is 190 g/mol. The molecule has 1 unspecified atom stereocenters. The van der Waals surface area contributed by atoms with E-state index in [0.717, 1.165) is 11.3 Å². The molecule has 1 aliphatic rings. The number of anilines is 1. The normalized spacial score (nSPS) is 19.9. The van der Waals surface area contributed by atoms with Crippen LogP contribution in [0.4, 0.5) is 5.69 Å². The highest BCUT2D eigenvalue weighted by atomic mass is 16.3. The first-order valence-electron chi connectivity index (χ1n) is 5.09. The summed E-state index contributed by atoms with van der Waals surface area (Å²) in [5.41, 5.74) is 1.04. The van der Waals surface area contributed by atoms with Crippen LogP contribution >= 0.6 is 0 Å². The van der Waals surface area contributed by atoms with Crippen LogP contribution in [-0.2, 0) is 4.79 Å². The highest BCUT2D eigenvalue weighted by Crippen LogP contribution is 2.36. The maximum Gasteiger partial charge on any atom is 0.232 e. The van der Waals surface area contributed by atoms with Crippen molar-refractivity contribution in [3.63, 3.8) is 0 Å². The Bertz CT molecular complexity index is 393. The Hall–Kier alpha value is -1.35. The first kappa shape index (κ1) is 10.2. The fourth-order valence-electron chi connectivity index (χ4n) is 1.98. The van der Waals surface area contributed by atoms with Crippen LogP contribution < -0.4 is 5.32 Å². The van der Waals surface area contributed by atoms with Crippen molar-refractivity contribution in [1.82, 2.24) is 0 Å².